The predicted octanol–water partition coefficient (Wildman–Crippen LogP) is 2.53. The van der Waals surface area contributed by atoms with E-state index in [-0.39, 0.29) is 10.8 Å². The van der Waals surface area contributed by atoms with Gasteiger partial charge in [0.1, 0.15) is 10.6 Å². The molecule has 2 fully saturated rings. The number of rotatable bonds is 4. The molecule has 4 nitrogen and oxygen atoms in total. The summed E-state index contributed by atoms with van der Waals surface area (Å²) in [7, 11) is -2.04. The number of aliphatic hydroxyl groups is 1. The van der Waals surface area contributed by atoms with E-state index in [4.69, 9.17) is 4.74 Å². The highest BCUT2D eigenvalue weighted by molar-refractivity contribution is 9.10. The maximum Gasteiger partial charge on any atom is 0.188 e. The van der Waals surface area contributed by atoms with Crippen molar-refractivity contribution in [2.75, 3.05) is 7.11 Å². The second kappa shape index (κ2) is 4.71. The van der Waals surface area contributed by atoms with Crippen molar-refractivity contribution in [3.8, 4) is 5.75 Å². The number of sulfone groups is 1. The molecular formula is C14H17BrO4S. The van der Waals surface area contributed by atoms with Gasteiger partial charge in [0.2, 0.25) is 0 Å². The number of aliphatic hydroxyl groups excluding tert-OH is 1. The first-order chi connectivity index (χ1) is 9.40. The average Bonchev–Trinajstić information content (AvgIpc) is 3.18. The molecule has 110 valence electrons. The Labute approximate surface area is 127 Å². The van der Waals surface area contributed by atoms with Gasteiger partial charge in [0.25, 0.3) is 0 Å². The molecule has 1 N–H and O–H groups in total. The Kier molecular flexibility index (Phi) is 3.38. The molecule has 1 aromatic carbocycles. The first-order valence-corrected chi connectivity index (χ1v) is 8.94. The van der Waals surface area contributed by atoms with E-state index in [0.717, 1.165) is 12.8 Å². The van der Waals surface area contributed by atoms with E-state index in [1.807, 2.05) is 0 Å². The molecule has 6 heteroatoms. The Hall–Kier alpha value is -0.590. The van der Waals surface area contributed by atoms with Gasteiger partial charge in [-0.1, -0.05) is 15.9 Å². The van der Waals surface area contributed by atoms with Gasteiger partial charge in [0, 0.05) is 4.47 Å². The van der Waals surface area contributed by atoms with Gasteiger partial charge in [0.05, 0.1) is 18.0 Å². The van der Waals surface area contributed by atoms with Crippen LogP contribution in [0.2, 0.25) is 0 Å². The highest BCUT2D eigenvalue weighted by Crippen LogP contribution is 2.57. The van der Waals surface area contributed by atoms with Gasteiger partial charge in [-0.3, -0.25) is 0 Å². The second-order valence-electron chi connectivity index (χ2n) is 5.70. The molecule has 0 bridgehead atoms. The average molecular weight is 361 g/mol. The van der Waals surface area contributed by atoms with Crippen molar-refractivity contribution in [3.63, 3.8) is 0 Å². The molecule has 2 aliphatic carbocycles. The first-order valence-electron chi connectivity index (χ1n) is 6.67. The van der Waals surface area contributed by atoms with Crippen molar-refractivity contribution in [1.82, 2.24) is 0 Å². The van der Waals surface area contributed by atoms with Crippen molar-refractivity contribution in [2.24, 2.45) is 5.92 Å². The smallest absolute Gasteiger partial charge is 0.188 e. The fraction of sp³-hybridized carbons (Fsp3) is 0.571. The number of ether oxygens (including phenoxy) is 1. The summed E-state index contributed by atoms with van der Waals surface area (Å²) in [6.07, 6.45) is 2.05. The third kappa shape index (κ3) is 2.00. The molecule has 3 rings (SSSR count). The zero-order chi connectivity index (χ0) is 14.5. The molecule has 2 saturated carbocycles. The largest absolute Gasteiger partial charge is 0.495 e. The minimum absolute atomic E-state index is 0.180. The second-order valence-corrected chi connectivity index (χ2v) is 8.88. The molecule has 0 atom stereocenters. The van der Waals surface area contributed by atoms with E-state index >= 15 is 0 Å². The van der Waals surface area contributed by atoms with Crippen molar-refractivity contribution < 1.29 is 18.3 Å². The van der Waals surface area contributed by atoms with E-state index in [0.29, 0.717) is 23.1 Å². The maximum atomic E-state index is 13.1. The molecule has 0 heterocycles. The van der Waals surface area contributed by atoms with Gasteiger partial charge in [0.15, 0.2) is 9.84 Å². The molecule has 1 aromatic rings. The van der Waals surface area contributed by atoms with E-state index in [1.54, 1.807) is 18.2 Å². The molecule has 0 radical (unpaired) electrons. The molecule has 2 aliphatic rings. The summed E-state index contributed by atoms with van der Waals surface area (Å²) in [5, 5.41) is 9.65. The van der Waals surface area contributed by atoms with Crippen LogP contribution in [0.15, 0.2) is 27.6 Å². The van der Waals surface area contributed by atoms with Gasteiger partial charge in [-0.05, 0) is 49.8 Å². The number of benzene rings is 1. The summed E-state index contributed by atoms with van der Waals surface area (Å²) in [6, 6.07) is 5.02. The lowest BCUT2D eigenvalue weighted by Crippen LogP contribution is -2.54. The molecule has 0 aliphatic heterocycles. The monoisotopic (exact) mass is 360 g/mol. The van der Waals surface area contributed by atoms with Crippen molar-refractivity contribution in [1.29, 1.82) is 0 Å². The summed E-state index contributed by atoms with van der Waals surface area (Å²) < 4.78 is 31.3. The fourth-order valence-electron chi connectivity index (χ4n) is 3.20. The minimum atomic E-state index is -3.51. The third-order valence-corrected chi connectivity index (χ3v) is 7.56. The molecule has 0 saturated heterocycles. The van der Waals surface area contributed by atoms with Crippen LogP contribution in [0.1, 0.15) is 25.7 Å². The molecular weight excluding hydrogens is 344 g/mol. The fourth-order valence-corrected chi connectivity index (χ4v) is 6.35. The van der Waals surface area contributed by atoms with Gasteiger partial charge in [-0.2, -0.15) is 0 Å². The number of hydrogen-bond donors (Lipinski definition) is 1. The summed E-state index contributed by atoms with van der Waals surface area (Å²) in [4.78, 5) is 0.230. The van der Waals surface area contributed by atoms with Gasteiger partial charge < -0.3 is 9.84 Å². The number of hydrogen-bond acceptors (Lipinski definition) is 4. The van der Waals surface area contributed by atoms with Crippen LogP contribution >= 0.6 is 15.9 Å². The van der Waals surface area contributed by atoms with E-state index in [9.17, 15) is 13.5 Å². The molecule has 0 spiro atoms. The third-order valence-electron chi connectivity index (χ3n) is 4.43. The number of methoxy groups -OCH3 is 1. The van der Waals surface area contributed by atoms with Crippen LogP contribution < -0.4 is 4.74 Å². The van der Waals surface area contributed by atoms with Crippen molar-refractivity contribution >= 4 is 25.8 Å². The van der Waals surface area contributed by atoms with E-state index < -0.39 is 20.7 Å². The lowest BCUT2D eigenvalue weighted by molar-refractivity contribution is 0.0475. The normalized spacial score (nSPS) is 29.9. The maximum absolute atomic E-state index is 13.1. The predicted molar refractivity (Wildman–Crippen MR) is 78.6 cm³/mol. The van der Waals surface area contributed by atoms with E-state index in [1.165, 1.54) is 7.11 Å². The Morgan fingerprint density at radius 1 is 1.35 bits per heavy atom. The van der Waals surface area contributed by atoms with Crippen LogP contribution in [0.4, 0.5) is 0 Å². The Bertz CT molecular complexity index is 631. The van der Waals surface area contributed by atoms with Crippen LogP contribution in [-0.4, -0.2) is 31.5 Å². The van der Waals surface area contributed by atoms with Gasteiger partial charge in [-0.15, -0.1) is 0 Å². The highest BCUT2D eigenvalue weighted by atomic mass is 79.9. The Balaban J connectivity index is 2.10. The summed E-state index contributed by atoms with van der Waals surface area (Å²) in [5.41, 5.74) is 0. The van der Waals surface area contributed by atoms with Gasteiger partial charge in [-0.25, -0.2) is 8.42 Å². The Morgan fingerprint density at radius 2 is 2.00 bits per heavy atom. The SMILES string of the molecule is COc1ccc(Br)cc1S(=O)(=O)[C@]1(C2CC2)C[C@H](O)C1. The lowest BCUT2D eigenvalue weighted by atomic mass is 9.78. The highest BCUT2D eigenvalue weighted by Gasteiger charge is 2.62. The van der Waals surface area contributed by atoms with Crippen molar-refractivity contribution in [3.05, 3.63) is 22.7 Å². The van der Waals surface area contributed by atoms with E-state index in [2.05, 4.69) is 15.9 Å². The Morgan fingerprint density at radius 3 is 2.50 bits per heavy atom. The molecule has 0 amide bonds. The van der Waals surface area contributed by atoms with Gasteiger partial charge >= 0.3 is 0 Å². The van der Waals surface area contributed by atoms with Crippen LogP contribution in [0, 0.1) is 5.92 Å². The lowest BCUT2D eigenvalue weighted by Gasteiger charge is -2.45. The molecule has 0 aromatic heterocycles. The van der Waals surface area contributed by atoms with Crippen LogP contribution in [0.3, 0.4) is 0 Å². The van der Waals surface area contributed by atoms with Crippen LogP contribution in [-0.2, 0) is 9.84 Å². The molecule has 20 heavy (non-hydrogen) atoms. The molecule has 0 unspecified atom stereocenters. The minimum Gasteiger partial charge on any atom is -0.495 e. The summed E-state index contributed by atoms with van der Waals surface area (Å²) >= 11 is 3.32. The topological polar surface area (TPSA) is 63.6 Å². The van der Waals surface area contributed by atoms with Crippen molar-refractivity contribution in [2.45, 2.75) is 41.4 Å². The quantitative estimate of drug-likeness (QED) is 0.895. The van der Waals surface area contributed by atoms with Crippen LogP contribution in [0.25, 0.3) is 0 Å². The zero-order valence-corrected chi connectivity index (χ0v) is 13.6. The summed E-state index contributed by atoms with van der Waals surface area (Å²) in [6.45, 7) is 0. The standard InChI is InChI=1S/C14H17BrO4S/c1-19-12-5-4-10(15)6-13(12)20(17,18)14(9-2-3-9)7-11(16)8-14/h4-6,9,11,16H,2-3,7-8H2,1H3/t11-,14+. The number of halogens is 1. The first kappa shape index (κ1) is 14.4. The summed E-state index contributed by atoms with van der Waals surface area (Å²) in [5.74, 6) is 0.550. The zero-order valence-electron chi connectivity index (χ0n) is 11.2. The van der Waals surface area contributed by atoms with Crippen LogP contribution in [0.5, 0.6) is 5.75 Å².